The number of carbonyl (C=O) groups is 1. The van der Waals surface area contributed by atoms with Gasteiger partial charge >= 0.3 is 6.09 Å². The Morgan fingerprint density at radius 1 is 1.26 bits per heavy atom. The number of hydrogen-bond acceptors (Lipinski definition) is 3. The molecule has 0 aliphatic carbocycles. The number of nitrogens with one attached hydrogen (secondary N) is 1. The van der Waals surface area contributed by atoms with Gasteiger partial charge in [-0.25, -0.2) is 4.79 Å². The SMILES string of the molecule is NC(=O)OC1CCOc2cc(-c3cccc4cc[nH]c34)ccc21. The molecule has 0 fully saturated rings. The van der Waals surface area contributed by atoms with Crippen molar-refractivity contribution >= 4 is 17.0 Å². The van der Waals surface area contributed by atoms with Crippen LogP contribution >= 0.6 is 0 Å². The Labute approximate surface area is 133 Å². The molecule has 0 saturated heterocycles. The van der Waals surface area contributed by atoms with Crippen molar-refractivity contribution in [1.29, 1.82) is 0 Å². The highest BCUT2D eigenvalue weighted by atomic mass is 16.6. The molecule has 0 saturated carbocycles. The van der Waals surface area contributed by atoms with Gasteiger partial charge in [0.1, 0.15) is 11.9 Å². The molecule has 1 aliphatic heterocycles. The van der Waals surface area contributed by atoms with Crippen LogP contribution in [-0.2, 0) is 4.74 Å². The van der Waals surface area contributed by atoms with E-state index >= 15 is 0 Å². The first-order valence-electron chi connectivity index (χ1n) is 7.52. The van der Waals surface area contributed by atoms with Gasteiger partial charge in [-0.1, -0.05) is 30.3 Å². The van der Waals surface area contributed by atoms with Crippen LogP contribution < -0.4 is 10.5 Å². The van der Waals surface area contributed by atoms with E-state index in [1.807, 2.05) is 36.5 Å². The van der Waals surface area contributed by atoms with E-state index in [0.29, 0.717) is 13.0 Å². The highest BCUT2D eigenvalue weighted by molar-refractivity contribution is 5.94. The van der Waals surface area contributed by atoms with Crippen LogP contribution in [0.15, 0.2) is 48.7 Å². The van der Waals surface area contributed by atoms with E-state index in [2.05, 4.69) is 17.1 Å². The van der Waals surface area contributed by atoms with Gasteiger partial charge in [-0.3, -0.25) is 0 Å². The van der Waals surface area contributed by atoms with Gasteiger partial charge in [0.2, 0.25) is 0 Å². The van der Waals surface area contributed by atoms with E-state index in [1.165, 1.54) is 0 Å². The Hall–Kier alpha value is -2.95. The Morgan fingerprint density at radius 3 is 3.04 bits per heavy atom. The summed E-state index contributed by atoms with van der Waals surface area (Å²) in [7, 11) is 0. The minimum Gasteiger partial charge on any atom is -0.493 e. The van der Waals surface area contributed by atoms with Crippen molar-refractivity contribution in [3.63, 3.8) is 0 Å². The quantitative estimate of drug-likeness (QED) is 0.756. The number of aromatic amines is 1. The van der Waals surface area contributed by atoms with Crippen molar-refractivity contribution in [2.75, 3.05) is 6.61 Å². The summed E-state index contributed by atoms with van der Waals surface area (Å²) in [4.78, 5) is 14.3. The highest BCUT2D eigenvalue weighted by Crippen LogP contribution is 2.38. The van der Waals surface area contributed by atoms with E-state index in [4.69, 9.17) is 15.2 Å². The Morgan fingerprint density at radius 2 is 2.17 bits per heavy atom. The molecule has 0 bridgehead atoms. The van der Waals surface area contributed by atoms with Crippen LogP contribution in [0.25, 0.3) is 22.0 Å². The molecule has 3 aromatic rings. The molecule has 116 valence electrons. The molecule has 1 aliphatic rings. The van der Waals surface area contributed by atoms with E-state index in [9.17, 15) is 4.79 Å². The molecule has 2 aromatic carbocycles. The number of carbonyl (C=O) groups excluding carboxylic acids is 1. The predicted molar refractivity (Wildman–Crippen MR) is 87.3 cm³/mol. The summed E-state index contributed by atoms with van der Waals surface area (Å²) in [5.41, 5.74) is 9.26. The van der Waals surface area contributed by atoms with Crippen LogP contribution in [-0.4, -0.2) is 17.7 Å². The molecule has 23 heavy (non-hydrogen) atoms. The third-order valence-electron chi connectivity index (χ3n) is 4.15. The number of hydrogen-bond donors (Lipinski definition) is 2. The molecule has 0 radical (unpaired) electrons. The minimum absolute atomic E-state index is 0.341. The van der Waals surface area contributed by atoms with Crippen LogP contribution in [0.5, 0.6) is 5.75 Å². The lowest BCUT2D eigenvalue weighted by molar-refractivity contribution is 0.0766. The maximum atomic E-state index is 11.0. The second kappa shape index (κ2) is 5.35. The van der Waals surface area contributed by atoms with Crippen molar-refractivity contribution in [1.82, 2.24) is 4.98 Å². The third kappa shape index (κ3) is 2.40. The fourth-order valence-electron chi connectivity index (χ4n) is 3.11. The molecule has 1 aromatic heterocycles. The first kappa shape index (κ1) is 13.7. The molecule has 5 heteroatoms. The predicted octanol–water partition coefficient (Wildman–Crippen LogP) is 3.75. The molecule has 1 unspecified atom stereocenters. The number of primary amides is 1. The summed E-state index contributed by atoms with van der Waals surface area (Å²) in [5, 5.41) is 1.16. The topological polar surface area (TPSA) is 77.3 Å². The second-order valence-electron chi connectivity index (χ2n) is 5.56. The molecule has 4 rings (SSSR count). The standard InChI is InChI=1S/C18H16N2O3/c19-18(21)23-15-7-9-22-16-10-12(4-5-14(15)16)13-3-1-2-11-6-8-20-17(11)13/h1-6,8,10,15,20H,7,9H2,(H2,19,21). The van der Waals surface area contributed by atoms with Crippen LogP contribution in [0.4, 0.5) is 4.79 Å². The first-order chi connectivity index (χ1) is 11.2. The average molecular weight is 308 g/mol. The molecule has 0 spiro atoms. The third-order valence-corrected chi connectivity index (χ3v) is 4.15. The number of H-pyrrole nitrogens is 1. The van der Waals surface area contributed by atoms with Gasteiger partial charge in [0.25, 0.3) is 0 Å². The van der Waals surface area contributed by atoms with Gasteiger partial charge in [0.05, 0.1) is 12.1 Å². The number of para-hydroxylation sites is 1. The zero-order valence-electron chi connectivity index (χ0n) is 12.4. The zero-order chi connectivity index (χ0) is 15.8. The molecular formula is C18H16N2O3. The largest absolute Gasteiger partial charge is 0.493 e. The average Bonchev–Trinajstić information content (AvgIpc) is 3.02. The molecule has 1 atom stereocenters. The van der Waals surface area contributed by atoms with Crippen LogP contribution in [0, 0.1) is 0 Å². The lowest BCUT2D eigenvalue weighted by Gasteiger charge is -2.25. The fourth-order valence-corrected chi connectivity index (χ4v) is 3.11. The van der Waals surface area contributed by atoms with Crippen LogP contribution in [0.1, 0.15) is 18.1 Å². The fraction of sp³-hybridized carbons (Fsp3) is 0.167. The molecular weight excluding hydrogens is 292 g/mol. The number of benzene rings is 2. The number of rotatable bonds is 2. The Bertz CT molecular complexity index is 885. The number of amides is 1. The molecule has 2 heterocycles. The van der Waals surface area contributed by atoms with Crippen molar-refractivity contribution in [3.05, 3.63) is 54.2 Å². The number of nitrogens with two attached hydrogens (primary N) is 1. The first-order valence-corrected chi connectivity index (χ1v) is 7.52. The van der Waals surface area contributed by atoms with Crippen molar-refractivity contribution in [2.45, 2.75) is 12.5 Å². The number of aromatic nitrogens is 1. The lowest BCUT2D eigenvalue weighted by Crippen LogP contribution is -2.22. The summed E-state index contributed by atoms with van der Waals surface area (Å²) in [6.45, 7) is 0.501. The summed E-state index contributed by atoms with van der Waals surface area (Å²) < 4.78 is 10.9. The summed E-state index contributed by atoms with van der Waals surface area (Å²) in [6, 6.07) is 14.2. The number of fused-ring (bicyclic) bond motifs is 2. The molecule has 1 amide bonds. The van der Waals surface area contributed by atoms with Crippen LogP contribution in [0.2, 0.25) is 0 Å². The summed E-state index contributed by atoms with van der Waals surface area (Å²) in [6.07, 6.45) is 1.44. The highest BCUT2D eigenvalue weighted by Gasteiger charge is 2.24. The Kier molecular flexibility index (Phi) is 3.19. The molecule has 3 N–H and O–H groups in total. The maximum Gasteiger partial charge on any atom is 0.405 e. The van der Waals surface area contributed by atoms with Crippen molar-refractivity contribution in [2.24, 2.45) is 5.73 Å². The van der Waals surface area contributed by atoms with Gasteiger partial charge in [0.15, 0.2) is 0 Å². The minimum atomic E-state index is -0.761. The van der Waals surface area contributed by atoms with Gasteiger partial charge in [0, 0.05) is 23.7 Å². The smallest absolute Gasteiger partial charge is 0.405 e. The van der Waals surface area contributed by atoms with Gasteiger partial charge < -0.3 is 20.2 Å². The second-order valence-corrected chi connectivity index (χ2v) is 5.56. The van der Waals surface area contributed by atoms with Crippen LogP contribution in [0.3, 0.4) is 0 Å². The van der Waals surface area contributed by atoms with E-state index in [0.717, 1.165) is 33.3 Å². The van der Waals surface area contributed by atoms with Crippen molar-refractivity contribution in [3.8, 4) is 16.9 Å². The number of ether oxygens (including phenoxy) is 2. The lowest BCUT2D eigenvalue weighted by atomic mass is 9.97. The van der Waals surface area contributed by atoms with Gasteiger partial charge in [-0.15, -0.1) is 0 Å². The van der Waals surface area contributed by atoms with E-state index in [1.54, 1.807) is 0 Å². The van der Waals surface area contributed by atoms with Gasteiger partial charge in [-0.05, 0) is 23.1 Å². The zero-order valence-corrected chi connectivity index (χ0v) is 12.4. The van der Waals surface area contributed by atoms with Crippen molar-refractivity contribution < 1.29 is 14.3 Å². The van der Waals surface area contributed by atoms with E-state index < -0.39 is 6.09 Å². The van der Waals surface area contributed by atoms with Gasteiger partial charge in [-0.2, -0.15) is 0 Å². The Balaban J connectivity index is 1.78. The summed E-state index contributed by atoms with van der Waals surface area (Å²) >= 11 is 0. The van der Waals surface area contributed by atoms with E-state index in [-0.39, 0.29) is 6.10 Å². The maximum absolute atomic E-state index is 11.0. The normalized spacial score (nSPS) is 16.6. The monoisotopic (exact) mass is 308 g/mol. The summed E-state index contributed by atoms with van der Waals surface area (Å²) in [5.74, 6) is 0.739. The molecule has 5 nitrogen and oxygen atoms in total.